The second-order valence-corrected chi connectivity index (χ2v) is 3.75. The number of nitrogen functional groups attached to an aromatic ring is 1. The van der Waals surface area contributed by atoms with Crippen LogP contribution in [0, 0.1) is 0 Å². The van der Waals surface area contributed by atoms with Crippen LogP contribution in [0.5, 0.6) is 0 Å². The molecule has 0 spiro atoms. The molecule has 0 saturated heterocycles. The fraction of sp³-hybridized carbons (Fsp3) is 0.300. The lowest BCUT2D eigenvalue weighted by Crippen LogP contribution is -1.92. The summed E-state index contributed by atoms with van der Waals surface area (Å²) in [5, 5.41) is 0.900. The van der Waals surface area contributed by atoms with Crippen LogP contribution in [0.1, 0.15) is 13.3 Å². The molecule has 0 aliphatic rings. The molecule has 1 rings (SSSR count). The summed E-state index contributed by atoms with van der Waals surface area (Å²) in [5.41, 5.74) is 7.70. The van der Waals surface area contributed by atoms with Crippen LogP contribution < -0.4 is 5.73 Å². The number of hydrogen-bond donors (Lipinski definition) is 1. The van der Waals surface area contributed by atoms with Crippen molar-refractivity contribution in [2.45, 2.75) is 18.4 Å². The SMILES string of the molecule is C=C(CC)CSc1ncccc1N. The van der Waals surface area contributed by atoms with Crippen molar-refractivity contribution in [3.05, 3.63) is 30.5 Å². The maximum atomic E-state index is 5.74. The molecule has 1 heterocycles. The Bertz CT molecular complexity index is 297. The lowest BCUT2D eigenvalue weighted by atomic mass is 10.3. The third-order valence-electron chi connectivity index (χ3n) is 1.71. The van der Waals surface area contributed by atoms with E-state index in [9.17, 15) is 0 Å². The number of rotatable bonds is 4. The molecule has 0 radical (unpaired) electrons. The first kappa shape index (κ1) is 10.1. The van der Waals surface area contributed by atoms with Crippen LogP contribution in [0.4, 0.5) is 5.69 Å². The minimum Gasteiger partial charge on any atom is -0.397 e. The van der Waals surface area contributed by atoms with E-state index in [2.05, 4.69) is 18.5 Å². The molecule has 0 fully saturated rings. The third kappa shape index (κ3) is 3.11. The first-order valence-electron chi connectivity index (χ1n) is 4.24. The average Bonchev–Trinajstić information content (AvgIpc) is 2.16. The van der Waals surface area contributed by atoms with Crippen LogP contribution in [-0.2, 0) is 0 Å². The minimum atomic E-state index is 0.747. The Hall–Kier alpha value is -0.960. The van der Waals surface area contributed by atoms with Crippen molar-refractivity contribution in [2.24, 2.45) is 0 Å². The Morgan fingerprint density at radius 1 is 1.69 bits per heavy atom. The predicted octanol–water partition coefficient (Wildman–Crippen LogP) is 2.72. The van der Waals surface area contributed by atoms with Crippen molar-refractivity contribution in [3.8, 4) is 0 Å². The lowest BCUT2D eigenvalue weighted by Gasteiger charge is -2.03. The Morgan fingerprint density at radius 3 is 3.08 bits per heavy atom. The van der Waals surface area contributed by atoms with Crippen LogP contribution >= 0.6 is 11.8 Å². The molecule has 13 heavy (non-hydrogen) atoms. The molecule has 0 atom stereocenters. The average molecular weight is 194 g/mol. The van der Waals surface area contributed by atoms with Crippen molar-refractivity contribution in [3.63, 3.8) is 0 Å². The van der Waals surface area contributed by atoms with Gasteiger partial charge in [-0.15, -0.1) is 0 Å². The fourth-order valence-electron chi connectivity index (χ4n) is 0.796. The van der Waals surface area contributed by atoms with Gasteiger partial charge >= 0.3 is 0 Å². The van der Waals surface area contributed by atoms with E-state index in [1.165, 1.54) is 5.57 Å². The second kappa shape index (κ2) is 4.92. The van der Waals surface area contributed by atoms with E-state index in [-0.39, 0.29) is 0 Å². The van der Waals surface area contributed by atoms with Gasteiger partial charge in [0.25, 0.3) is 0 Å². The third-order valence-corrected chi connectivity index (χ3v) is 2.88. The summed E-state index contributed by atoms with van der Waals surface area (Å²) in [6.07, 6.45) is 2.77. The summed E-state index contributed by atoms with van der Waals surface area (Å²) in [6, 6.07) is 3.71. The van der Waals surface area contributed by atoms with Crippen molar-refractivity contribution in [1.29, 1.82) is 0 Å². The van der Waals surface area contributed by atoms with E-state index in [0.717, 1.165) is 22.9 Å². The summed E-state index contributed by atoms with van der Waals surface area (Å²) >= 11 is 1.64. The van der Waals surface area contributed by atoms with E-state index in [4.69, 9.17) is 5.73 Å². The Kier molecular flexibility index (Phi) is 3.83. The highest BCUT2D eigenvalue weighted by molar-refractivity contribution is 7.99. The van der Waals surface area contributed by atoms with Crippen LogP contribution in [0.3, 0.4) is 0 Å². The van der Waals surface area contributed by atoms with Crippen LogP contribution in [0.25, 0.3) is 0 Å². The Morgan fingerprint density at radius 2 is 2.46 bits per heavy atom. The fourth-order valence-corrected chi connectivity index (χ4v) is 1.71. The molecular weight excluding hydrogens is 180 g/mol. The van der Waals surface area contributed by atoms with Crippen LogP contribution in [0.15, 0.2) is 35.5 Å². The second-order valence-electron chi connectivity index (χ2n) is 2.79. The molecule has 0 bridgehead atoms. The van der Waals surface area contributed by atoms with Crippen molar-refractivity contribution >= 4 is 17.4 Å². The van der Waals surface area contributed by atoms with Crippen LogP contribution in [-0.4, -0.2) is 10.7 Å². The zero-order chi connectivity index (χ0) is 9.68. The van der Waals surface area contributed by atoms with Gasteiger partial charge < -0.3 is 5.73 Å². The summed E-state index contributed by atoms with van der Waals surface area (Å²) in [7, 11) is 0. The molecule has 2 nitrogen and oxygen atoms in total. The summed E-state index contributed by atoms with van der Waals surface area (Å²) in [5.74, 6) is 0.901. The monoisotopic (exact) mass is 194 g/mol. The molecule has 70 valence electrons. The van der Waals surface area contributed by atoms with E-state index < -0.39 is 0 Å². The van der Waals surface area contributed by atoms with Crippen molar-refractivity contribution in [2.75, 3.05) is 11.5 Å². The maximum Gasteiger partial charge on any atom is 0.119 e. The Balaban J connectivity index is 2.54. The summed E-state index contributed by atoms with van der Waals surface area (Å²) < 4.78 is 0. The number of pyridine rings is 1. The van der Waals surface area contributed by atoms with Gasteiger partial charge in [0, 0.05) is 11.9 Å². The normalized spacial score (nSPS) is 9.92. The Labute approximate surface area is 83.2 Å². The highest BCUT2D eigenvalue weighted by Crippen LogP contribution is 2.23. The van der Waals surface area contributed by atoms with E-state index in [1.54, 1.807) is 18.0 Å². The first-order chi connectivity index (χ1) is 6.24. The summed E-state index contributed by atoms with van der Waals surface area (Å²) in [6.45, 7) is 6.03. The molecule has 0 aromatic carbocycles. The molecule has 1 aromatic heterocycles. The molecule has 0 unspecified atom stereocenters. The molecular formula is C10H14N2S. The van der Waals surface area contributed by atoms with Gasteiger partial charge in [-0.25, -0.2) is 4.98 Å². The number of aromatic nitrogens is 1. The largest absolute Gasteiger partial charge is 0.397 e. The number of thioether (sulfide) groups is 1. The minimum absolute atomic E-state index is 0.747. The van der Waals surface area contributed by atoms with Gasteiger partial charge in [-0.2, -0.15) is 0 Å². The molecule has 0 aliphatic heterocycles. The highest BCUT2D eigenvalue weighted by Gasteiger charge is 2.00. The van der Waals surface area contributed by atoms with Crippen molar-refractivity contribution < 1.29 is 0 Å². The smallest absolute Gasteiger partial charge is 0.119 e. The van der Waals surface area contributed by atoms with E-state index in [1.807, 2.05) is 12.1 Å². The van der Waals surface area contributed by atoms with Gasteiger partial charge in [0.1, 0.15) is 5.03 Å². The van der Waals surface area contributed by atoms with Gasteiger partial charge in [-0.05, 0) is 18.6 Å². The van der Waals surface area contributed by atoms with Crippen molar-refractivity contribution in [1.82, 2.24) is 4.98 Å². The highest BCUT2D eigenvalue weighted by atomic mass is 32.2. The molecule has 0 saturated carbocycles. The number of hydrogen-bond acceptors (Lipinski definition) is 3. The molecule has 0 aliphatic carbocycles. The zero-order valence-corrected chi connectivity index (χ0v) is 8.60. The molecule has 3 heteroatoms. The number of nitrogens with two attached hydrogens (primary N) is 1. The topological polar surface area (TPSA) is 38.9 Å². The van der Waals surface area contributed by atoms with Gasteiger partial charge in [0.2, 0.25) is 0 Å². The lowest BCUT2D eigenvalue weighted by molar-refractivity contribution is 1.10. The quantitative estimate of drug-likeness (QED) is 0.591. The van der Waals surface area contributed by atoms with E-state index in [0.29, 0.717) is 0 Å². The van der Waals surface area contributed by atoms with Gasteiger partial charge in [-0.1, -0.05) is 30.8 Å². The summed E-state index contributed by atoms with van der Waals surface area (Å²) in [4.78, 5) is 4.18. The van der Waals surface area contributed by atoms with E-state index >= 15 is 0 Å². The standard InChI is InChI=1S/C10H14N2S/c1-3-8(2)7-13-10-9(11)5-4-6-12-10/h4-6H,2-3,7,11H2,1H3. The van der Waals surface area contributed by atoms with Crippen LogP contribution in [0.2, 0.25) is 0 Å². The first-order valence-corrected chi connectivity index (χ1v) is 5.22. The molecule has 2 N–H and O–H groups in total. The zero-order valence-electron chi connectivity index (χ0n) is 7.79. The molecule has 0 amide bonds. The maximum absolute atomic E-state index is 5.74. The van der Waals surface area contributed by atoms with Gasteiger partial charge in [0.05, 0.1) is 5.69 Å². The van der Waals surface area contributed by atoms with Gasteiger partial charge in [-0.3, -0.25) is 0 Å². The number of nitrogens with zero attached hydrogens (tertiary/aromatic N) is 1. The van der Waals surface area contributed by atoms with Gasteiger partial charge in [0.15, 0.2) is 0 Å². The predicted molar refractivity (Wildman–Crippen MR) is 58.8 cm³/mol. The number of anilines is 1. The molecule has 1 aromatic rings.